The number of hydrogen-bond acceptors (Lipinski definition) is 5. The van der Waals surface area contributed by atoms with Crippen molar-refractivity contribution < 1.29 is 14.1 Å². The van der Waals surface area contributed by atoms with Crippen molar-refractivity contribution in [3.05, 3.63) is 17.5 Å². The SMILES string of the molecule is CCOC(=O)C1CCC(NC(=NC)NCc2cc(C(CC)CC)no2)CC1.I. The second-order valence-corrected chi connectivity index (χ2v) is 7.10. The highest BCUT2D eigenvalue weighted by Gasteiger charge is 2.27. The molecule has 0 aliphatic heterocycles. The number of aromatic nitrogens is 1. The molecule has 0 aromatic carbocycles. The second kappa shape index (κ2) is 13.0. The number of rotatable bonds is 8. The zero-order valence-electron chi connectivity index (χ0n) is 17.5. The van der Waals surface area contributed by atoms with Crippen molar-refractivity contribution in [2.45, 2.75) is 77.8 Å². The highest BCUT2D eigenvalue weighted by atomic mass is 127. The maximum atomic E-state index is 11.8. The van der Waals surface area contributed by atoms with Gasteiger partial charge in [0.2, 0.25) is 0 Å². The van der Waals surface area contributed by atoms with Gasteiger partial charge in [-0.15, -0.1) is 24.0 Å². The quantitative estimate of drug-likeness (QED) is 0.240. The molecule has 1 aromatic rings. The van der Waals surface area contributed by atoms with Crippen LogP contribution >= 0.6 is 24.0 Å². The fraction of sp³-hybridized carbons (Fsp3) is 0.750. The Balaban J connectivity index is 0.00000392. The van der Waals surface area contributed by atoms with Crippen LogP contribution in [0.4, 0.5) is 0 Å². The van der Waals surface area contributed by atoms with Crippen molar-refractivity contribution in [3.63, 3.8) is 0 Å². The number of nitrogens with one attached hydrogen (secondary N) is 2. The number of hydrogen-bond donors (Lipinski definition) is 2. The molecule has 0 spiro atoms. The van der Waals surface area contributed by atoms with Gasteiger partial charge in [0.25, 0.3) is 0 Å². The van der Waals surface area contributed by atoms with Gasteiger partial charge in [-0.1, -0.05) is 19.0 Å². The van der Waals surface area contributed by atoms with Crippen LogP contribution in [0, 0.1) is 5.92 Å². The molecule has 0 bridgehead atoms. The van der Waals surface area contributed by atoms with Crippen LogP contribution < -0.4 is 10.6 Å². The van der Waals surface area contributed by atoms with Gasteiger partial charge in [-0.05, 0) is 45.4 Å². The van der Waals surface area contributed by atoms with E-state index in [1.165, 1.54) is 0 Å². The Labute approximate surface area is 185 Å². The van der Waals surface area contributed by atoms with Gasteiger partial charge in [0.1, 0.15) is 0 Å². The predicted molar refractivity (Wildman–Crippen MR) is 121 cm³/mol. The van der Waals surface area contributed by atoms with Crippen LogP contribution in [-0.2, 0) is 16.1 Å². The molecule has 1 aromatic heterocycles. The fourth-order valence-electron chi connectivity index (χ4n) is 3.60. The van der Waals surface area contributed by atoms with Gasteiger partial charge in [-0.3, -0.25) is 9.79 Å². The third-order valence-corrected chi connectivity index (χ3v) is 5.32. The van der Waals surface area contributed by atoms with E-state index in [4.69, 9.17) is 9.26 Å². The van der Waals surface area contributed by atoms with Crippen LogP contribution in [-0.4, -0.2) is 36.8 Å². The van der Waals surface area contributed by atoms with Gasteiger partial charge < -0.3 is 19.9 Å². The first-order valence-corrected chi connectivity index (χ1v) is 10.2. The van der Waals surface area contributed by atoms with E-state index in [2.05, 4.69) is 34.6 Å². The molecule has 2 rings (SSSR count). The summed E-state index contributed by atoms with van der Waals surface area (Å²) < 4.78 is 10.6. The van der Waals surface area contributed by atoms with E-state index < -0.39 is 0 Å². The van der Waals surface area contributed by atoms with Crippen LogP contribution in [0.25, 0.3) is 0 Å². The molecule has 1 fully saturated rings. The summed E-state index contributed by atoms with van der Waals surface area (Å²) in [7, 11) is 1.76. The van der Waals surface area contributed by atoms with Crippen molar-refractivity contribution in [2.24, 2.45) is 10.9 Å². The molecule has 2 N–H and O–H groups in total. The molecule has 0 atom stereocenters. The van der Waals surface area contributed by atoms with Crippen LogP contribution in [0.3, 0.4) is 0 Å². The number of ether oxygens (including phenoxy) is 1. The number of carbonyl (C=O) groups excluding carboxylic acids is 1. The molecule has 1 heterocycles. The molecule has 8 heteroatoms. The Morgan fingerprint density at radius 3 is 2.54 bits per heavy atom. The summed E-state index contributed by atoms with van der Waals surface area (Å²) in [5.41, 5.74) is 1.03. The lowest BCUT2D eigenvalue weighted by Gasteiger charge is -2.28. The fourth-order valence-corrected chi connectivity index (χ4v) is 3.60. The van der Waals surface area contributed by atoms with Gasteiger partial charge in [-0.2, -0.15) is 0 Å². The predicted octanol–water partition coefficient (Wildman–Crippen LogP) is 3.98. The summed E-state index contributed by atoms with van der Waals surface area (Å²) in [5.74, 6) is 1.99. The summed E-state index contributed by atoms with van der Waals surface area (Å²) in [4.78, 5) is 16.1. The summed E-state index contributed by atoms with van der Waals surface area (Å²) >= 11 is 0. The number of nitrogens with zero attached hydrogens (tertiary/aromatic N) is 2. The Kier molecular flexibility index (Phi) is 11.5. The van der Waals surface area contributed by atoms with E-state index in [-0.39, 0.29) is 35.9 Å². The number of aliphatic imine (C=N–C) groups is 1. The maximum Gasteiger partial charge on any atom is 0.308 e. The largest absolute Gasteiger partial charge is 0.466 e. The molecule has 7 nitrogen and oxygen atoms in total. The normalized spacial score (nSPS) is 19.8. The monoisotopic (exact) mass is 506 g/mol. The molecule has 0 radical (unpaired) electrons. The Hall–Kier alpha value is -1.32. The lowest BCUT2D eigenvalue weighted by atomic mass is 9.86. The molecular weight excluding hydrogens is 471 g/mol. The first kappa shape index (κ1) is 24.7. The van der Waals surface area contributed by atoms with Crippen molar-refractivity contribution in [2.75, 3.05) is 13.7 Å². The number of halogens is 1. The molecule has 28 heavy (non-hydrogen) atoms. The number of esters is 1. The Morgan fingerprint density at radius 1 is 1.29 bits per heavy atom. The zero-order chi connectivity index (χ0) is 19.6. The highest BCUT2D eigenvalue weighted by molar-refractivity contribution is 14.0. The first-order chi connectivity index (χ1) is 13.1. The van der Waals surface area contributed by atoms with Crippen molar-refractivity contribution in [1.82, 2.24) is 15.8 Å². The molecular formula is C20H35IN4O3. The minimum absolute atomic E-state index is 0. The zero-order valence-corrected chi connectivity index (χ0v) is 19.8. The lowest BCUT2D eigenvalue weighted by molar-refractivity contribution is -0.149. The van der Waals surface area contributed by atoms with Gasteiger partial charge in [0, 0.05) is 25.1 Å². The Morgan fingerprint density at radius 2 is 1.96 bits per heavy atom. The van der Waals surface area contributed by atoms with Crippen LogP contribution in [0.15, 0.2) is 15.6 Å². The van der Waals surface area contributed by atoms with E-state index in [1.54, 1.807) is 7.05 Å². The minimum atomic E-state index is -0.0583. The topological polar surface area (TPSA) is 88.8 Å². The van der Waals surface area contributed by atoms with Gasteiger partial charge in [0.05, 0.1) is 24.8 Å². The molecule has 0 saturated heterocycles. The maximum absolute atomic E-state index is 11.8. The molecule has 0 amide bonds. The van der Waals surface area contributed by atoms with Crippen LogP contribution in [0.2, 0.25) is 0 Å². The smallest absolute Gasteiger partial charge is 0.308 e. The summed E-state index contributed by atoms with van der Waals surface area (Å²) in [6, 6.07) is 2.35. The average molecular weight is 506 g/mol. The summed E-state index contributed by atoms with van der Waals surface area (Å²) in [5, 5.41) is 10.9. The van der Waals surface area contributed by atoms with Crippen molar-refractivity contribution >= 4 is 35.9 Å². The van der Waals surface area contributed by atoms with E-state index >= 15 is 0 Å². The van der Waals surface area contributed by atoms with E-state index in [1.807, 2.05) is 13.0 Å². The van der Waals surface area contributed by atoms with Crippen molar-refractivity contribution in [1.29, 1.82) is 0 Å². The standard InChI is InChI=1S/C20H34N4O3.HI/c1-5-14(6-2)18-12-17(27-24-18)13-22-20(21-4)23-16-10-8-15(9-11-16)19(25)26-7-3;/h12,14-16H,5-11,13H2,1-4H3,(H2,21,22,23);1H. The molecule has 1 aliphatic carbocycles. The lowest BCUT2D eigenvalue weighted by Crippen LogP contribution is -2.45. The van der Waals surface area contributed by atoms with Crippen LogP contribution in [0.5, 0.6) is 0 Å². The van der Waals surface area contributed by atoms with E-state index in [0.717, 1.165) is 55.9 Å². The summed E-state index contributed by atoms with van der Waals surface area (Å²) in [6.07, 6.45) is 5.71. The van der Waals surface area contributed by atoms with Gasteiger partial charge in [0.15, 0.2) is 11.7 Å². The van der Waals surface area contributed by atoms with E-state index in [9.17, 15) is 4.79 Å². The second-order valence-electron chi connectivity index (χ2n) is 7.10. The third-order valence-electron chi connectivity index (χ3n) is 5.32. The van der Waals surface area contributed by atoms with Crippen LogP contribution in [0.1, 0.15) is 76.7 Å². The van der Waals surface area contributed by atoms with E-state index in [0.29, 0.717) is 25.1 Å². The molecule has 160 valence electrons. The summed E-state index contributed by atoms with van der Waals surface area (Å²) in [6.45, 7) is 7.19. The minimum Gasteiger partial charge on any atom is -0.466 e. The molecule has 1 aliphatic rings. The first-order valence-electron chi connectivity index (χ1n) is 10.2. The molecule has 0 unspecified atom stereocenters. The Bertz CT molecular complexity index is 608. The van der Waals surface area contributed by atoms with Gasteiger partial charge in [-0.25, -0.2) is 0 Å². The third kappa shape index (κ3) is 7.25. The van der Waals surface area contributed by atoms with Crippen molar-refractivity contribution in [3.8, 4) is 0 Å². The van der Waals surface area contributed by atoms with Gasteiger partial charge >= 0.3 is 5.97 Å². The highest BCUT2D eigenvalue weighted by Crippen LogP contribution is 2.25. The molecule has 1 saturated carbocycles. The number of guanidine groups is 1. The average Bonchev–Trinajstić information content (AvgIpc) is 3.15. The number of carbonyl (C=O) groups is 1.